The molecule has 0 unspecified atom stereocenters. The van der Waals surface area contributed by atoms with Gasteiger partial charge >= 0.3 is 6.03 Å². The van der Waals surface area contributed by atoms with E-state index in [1.807, 2.05) is 24.0 Å². The second-order valence-corrected chi connectivity index (χ2v) is 7.55. The number of hydrogen-bond acceptors (Lipinski definition) is 2. The van der Waals surface area contributed by atoms with E-state index in [-0.39, 0.29) is 18.0 Å². The zero-order valence-corrected chi connectivity index (χ0v) is 16.1. The van der Waals surface area contributed by atoms with Crippen LogP contribution in [0.15, 0.2) is 48.2 Å². The van der Waals surface area contributed by atoms with E-state index in [0.29, 0.717) is 29.6 Å². The van der Waals surface area contributed by atoms with E-state index in [1.54, 1.807) is 23.1 Å². The summed E-state index contributed by atoms with van der Waals surface area (Å²) in [7, 11) is 0. The van der Waals surface area contributed by atoms with Crippen LogP contribution in [0.3, 0.4) is 0 Å². The standard InChI is InChI=1S/C20H24ClN3O2/c1-5-9-23-16-11-24(13(4)12(2)3)19(25)17(16)18(22-20(23)26)14-7-6-8-15(21)10-14/h5-8,10,12-13,18H,1,9,11H2,2-4H3,(H,22,26)/t13-,18-/m0/s1. The van der Waals surface area contributed by atoms with Crippen LogP contribution in [0.5, 0.6) is 0 Å². The van der Waals surface area contributed by atoms with Gasteiger partial charge in [0.15, 0.2) is 0 Å². The number of nitrogens with zero attached hydrogens (tertiary/aromatic N) is 2. The van der Waals surface area contributed by atoms with Crippen LogP contribution in [0.2, 0.25) is 5.02 Å². The summed E-state index contributed by atoms with van der Waals surface area (Å²) in [6, 6.07) is 6.64. The van der Waals surface area contributed by atoms with Crippen LogP contribution in [0.1, 0.15) is 32.4 Å². The summed E-state index contributed by atoms with van der Waals surface area (Å²) in [6.07, 6.45) is 1.67. The lowest BCUT2D eigenvalue weighted by Crippen LogP contribution is -2.47. The Balaban J connectivity index is 2.07. The van der Waals surface area contributed by atoms with Crippen LogP contribution in [0.4, 0.5) is 4.79 Å². The SMILES string of the molecule is C=CCN1C(=O)N[C@@H](c2cccc(Cl)c2)C2=C1CN([C@@H](C)C(C)C)C2=O. The lowest BCUT2D eigenvalue weighted by molar-refractivity contribution is -0.128. The number of hydrogen-bond donors (Lipinski definition) is 1. The topological polar surface area (TPSA) is 52.7 Å². The number of rotatable bonds is 5. The highest BCUT2D eigenvalue weighted by Gasteiger charge is 2.45. The molecule has 26 heavy (non-hydrogen) atoms. The first kappa shape index (κ1) is 18.5. The van der Waals surface area contributed by atoms with Gasteiger partial charge in [-0.25, -0.2) is 4.79 Å². The van der Waals surface area contributed by atoms with E-state index in [9.17, 15) is 9.59 Å². The third-order valence-electron chi connectivity index (χ3n) is 5.20. The first-order chi connectivity index (χ1) is 12.3. The summed E-state index contributed by atoms with van der Waals surface area (Å²) in [5.74, 6) is 0.293. The van der Waals surface area contributed by atoms with Gasteiger partial charge in [0.1, 0.15) is 0 Å². The third-order valence-corrected chi connectivity index (χ3v) is 5.43. The molecule has 0 bridgehead atoms. The van der Waals surface area contributed by atoms with Gasteiger partial charge in [0.25, 0.3) is 5.91 Å². The number of halogens is 1. The highest BCUT2D eigenvalue weighted by Crippen LogP contribution is 2.38. The van der Waals surface area contributed by atoms with Crippen molar-refractivity contribution >= 4 is 23.5 Å². The summed E-state index contributed by atoms with van der Waals surface area (Å²) >= 11 is 6.13. The average Bonchev–Trinajstić information content (AvgIpc) is 2.94. The fourth-order valence-corrected chi connectivity index (χ4v) is 3.66. The van der Waals surface area contributed by atoms with Gasteiger partial charge in [-0.2, -0.15) is 0 Å². The predicted octanol–water partition coefficient (Wildman–Crippen LogP) is 3.73. The van der Waals surface area contributed by atoms with E-state index in [4.69, 9.17) is 11.6 Å². The Bertz CT molecular complexity index is 787. The molecule has 0 saturated heterocycles. The molecule has 6 heteroatoms. The largest absolute Gasteiger partial charge is 0.330 e. The molecule has 1 N–H and O–H groups in total. The van der Waals surface area contributed by atoms with Gasteiger partial charge < -0.3 is 10.2 Å². The third kappa shape index (κ3) is 3.12. The van der Waals surface area contributed by atoms with E-state index in [0.717, 1.165) is 11.3 Å². The minimum Gasteiger partial charge on any atom is -0.330 e. The molecule has 2 heterocycles. The van der Waals surface area contributed by atoms with E-state index >= 15 is 0 Å². The van der Waals surface area contributed by atoms with Crippen LogP contribution >= 0.6 is 11.6 Å². The van der Waals surface area contributed by atoms with Crippen molar-refractivity contribution in [3.8, 4) is 0 Å². The molecule has 0 spiro atoms. The quantitative estimate of drug-likeness (QED) is 0.799. The average molecular weight is 374 g/mol. The van der Waals surface area contributed by atoms with Crippen molar-refractivity contribution in [1.82, 2.24) is 15.1 Å². The van der Waals surface area contributed by atoms with E-state index in [1.165, 1.54) is 0 Å². The Labute approximate surface area is 159 Å². The van der Waals surface area contributed by atoms with Crippen LogP contribution < -0.4 is 5.32 Å². The highest BCUT2D eigenvalue weighted by molar-refractivity contribution is 6.30. The van der Waals surface area contributed by atoms with Crippen molar-refractivity contribution in [2.45, 2.75) is 32.9 Å². The summed E-state index contributed by atoms with van der Waals surface area (Å²) in [4.78, 5) is 29.4. The minimum atomic E-state index is -0.492. The molecule has 0 radical (unpaired) electrons. The number of nitrogens with one attached hydrogen (secondary N) is 1. The second kappa shape index (κ2) is 7.16. The monoisotopic (exact) mass is 373 g/mol. The van der Waals surface area contributed by atoms with Crippen LogP contribution in [-0.2, 0) is 4.79 Å². The van der Waals surface area contributed by atoms with E-state index < -0.39 is 6.04 Å². The summed E-state index contributed by atoms with van der Waals surface area (Å²) in [5.41, 5.74) is 2.20. The molecule has 0 aliphatic carbocycles. The summed E-state index contributed by atoms with van der Waals surface area (Å²) < 4.78 is 0. The molecule has 0 saturated carbocycles. The smallest absolute Gasteiger partial charge is 0.322 e. The first-order valence-corrected chi connectivity index (χ1v) is 9.21. The van der Waals surface area contributed by atoms with Crippen LogP contribution in [0.25, 0.3) is 0 Å². The first-order valence-electron chi connectivity index (χ1n) is 8.83. The molecule has 138 valence electrons. The lowest BCUT2D eigenvalue weighted by atomic mass is 9.95. The molecule has 3 rings (SSSR count). The maximum Gasteiger partial charge on any atom is 0.322 e. The lowest BCUT2D eigenvalue weighted by Gasteiger charge is -2.33. The van der Waals surface area contributed by atoms with Gasteiger partial charge in [-0.1, -0.05) is 43.7 Å². The van der Waals surface area contributed by atoms with Crippen molar-refractivity contribution in [3.05, 3.63) is 58.8 Å². The molecule has 0 aromatic heterocycles. The number of amides is 3. The summed E-state index contributed by atoms with van der Waals surface area (Å²) in [6.45, 7) is 10.8. The van der Waals surface area contributed by atoms with E-state index in [2.05, 4.69) is 25.7 Å². The second-order valence-electron chi connectivity index (χ2n) is 7.11. The van der Waals surface area contributed by atoms with Crippen molar-refractivity contribution < 1.29 is 9.59 Å². The highest BCUT2D eigenvalue weighted by atomic mass is 35.5. The van der Waals surface area contributed by atoms with Crippen molar-refractivity contribution in [2.24, 2.45) is 5.92 Å². The molecule has 2 aliphatic heterocycles. The Morgan fingerprint density at radius 2 is 2.08 bits per heavy atom. The Morgan fingerprint density at radius 3 is 2.69 bits per heavy atom. The van der Waals surface area contributed by atoms with Gasteiger partial charge in [-0.05, 0) is 30.5 Å². The van der Waals surface area contributed by atoms with Gasteiger partial charge in [-0.15, -0.1) is 6.58 Å². The van der Waals surface area contributed by atoms with Crippen molar-refractivity contribution in [3.63, 3.8) is 0 Å². The van der Waals surface area contributed by atoms with Crippen molar-refractivity contribution in [1.29, 1.82) is 0 Å². The molecule has 1 aromatic carbocycles. The molecule has 0 fully saturated rings. The summed E-state index contributed by atoms with van der Waals surface area (Å²) in [5, 5.41) is 3.53. The molecule has 2 atom stereocenters. The van der Waals surface area contributed by atoms with Gasteiger partial charge in [0.2, 0.25) is 0 Å². The van der Waals surface area contributed by atoms with Crippen molar-refractivity contribution in [2.75, 3.05) is 13.1 Å². The fraction of sp³-hybridized carbons (Fsp3) is 0.400. The number of carbonyl (C=O) groups is 2. The maximum atomic E-state index is 13.2. The fourth-order valence-electron chi connectivity index (χ4n) is 3.46. The zero-order chi connectivity index (χ0) is 19.0. The van der Waals surface area contributed by atoms with Gasteiger partial charge in [0.05, 0.1) is 23.9 Å². The van der Waals surface area contributed by atoms with Gasteiger partial charge in [0, 0.05) is 17.6 Å². The molecular formula is C20H24ClN3O2. The Hall–Kier alpha value is -2.27. The molecular weight excluding hydrogens is 350 g/mol. The predicted molar refractivity (Wildman–Crippen MR) is 103 cm³/mol. The Kier molecular flexibility index (Phi) is 5.10. The zero-order valence-electron chi connectivity index (χ0n) is 15.3. The Morgan fingerprint density at radius 1 is 1.35 bits per heavy atom. The molecule has 5 nitrogen and oxygen atoms in total. The normalized spacial score (nSPS) is 21.2. The van der Waals surface area contributed by atoms with Crippen LogP contribution in [-0.4, -0.2) is 40.9 Å². The number of benzene rings is 1. The van der Waals surface area contributed by atoms with Gasteiger partial charge in [-0.3, -0.25) is 9.69 Å². The number of carbonyl (C=O) groups excluding carboxylic acids is 2. The maximum absolute atomic E-state index is 13.2. The molecule has 2 aliphatic rings. The molecule has 3 amide bonds. The molecule has 1 aromatic rings. The number of urea groups is 1. The minimum absolute atomic E-state index is 0.0276. The van der Waals surface area contributed by atoms with Crippen LogP contribution in [0, 0.1) is 5.92 Å².